The van der Waals surface area contributed by atoms with E-state index in [9.17, 15) is 14.9 Å². The molecule has 0 saturated heterocycles. The number of hydrogen-bond donors (Lipinski definition) is 2. The zero-order valence-corrected chi connectivity index (χ0v) is 13.8. The number of anilines is 1. The summed E-state index contributed by atoms with van der Waals surface area (Å²) in [7, 11) is 0. The summed E-state index contributed by atoms with van der Waals surface area (Å²) in [4.78, 5) is 22.0. The van der Waals surface area contributed by atoms with Gasteiger partial charge in [-0.05, 0) is 30.5 Å². The van der Waals surface area contributed by atoms with Crippen LogP contribution in [0.3, 0.4) is 0 Å². The maximum Gasteiger partial charge on any atom is 0.289 e. The van der Waals surface area contributed by atoms with Crippen molar-refractivity contribution in [1.29, 1.82) is 0 Å². The Morgan fingerprint density at radius 3 is 2.62 bits per heavy atom. The maximum atomic E-state index is 11.8. The summed E-state index contributed by atoms with van der Waals surface area (Å²) in [5.41, 5.74) is 1.52. The van der Waals surface area contributed by atoms with Crippen LogP contribution in [0.5, 0.6) is 0 Å². The van der Waals surface area contributed by atoms with E-state index in [-0.39, 0.29) is 23.2 Å². The van der Waals surface area contributed by atoms with Crippen molar-refractivity contribution in [3.8, 4) is 0 Å². The van der Waals surface area contributed by atoms with Crippen LogP contribution in [-0.4, -0.2) is 23.9 Å². The summed E-state index contributed by atoms with van der Waals surface area (Å²) in [6.07, 6.45) is 1.75. The van der Waals surface area contributed by atoms with Gasteiger partial charge in [-0.15, -0.1) is 0 Å². The number of nitro groups is 1. The van der Waals surface area contributed by atoms with Crippen LogP contribution in [0.25, 0.3) is 0 Å². The quantitative estimate of drug-likeness (QED) is 0.435. The van der Waals surface area contributed by atoms with E-state index in [2.05, 4.69) is 22.8 Å². The minimum Gasteiger partial charge on any atom is -0.376 e. The second-order valence-corrected chi connectivity index (χ2v) is 5.62. The van der Waals surface area contributed by atoms with Crippen molar-refractivity contribution in [2.45, 2.75) is 12.8 Å². The fraction of sp³-hybridized carbons (Fsp3) is 0.235. The SMILES string of the molecule is O=C(CNc1ccc(Cl)c([N+](=O)[O-])c1)NCCCc1ccccc1. The molecule has 7 heteroatoms. The van der Waals surface area contributed by atoms with Crippen molar-refractivity contribution in [3.63, 3.8) is 0 Å². The number of halogens is 1. The van der Waals surface area contributed by atoms with Gasteiger partial charge in [-0.1, -0.05) is 41.9 Å². The van der Waals surface area contributed by atoms with Gasteiger partial charge in [0.15, 0.2) is 0 Å². The predicted molar refractivity (Wildman–Crippen MR) is 94.4 cm³/mol. The molecule has 0 spiro atoms. The molecule has 0 unspecified atom stereocenters. The second-order valence-electron chi connectivity index (χ2n) is 5.22. The minimum absolute atomic E-state index is 0.0458. The Kier molecular flexibility index (Phi) is 6.57. The molecule has 0 radical (unpaired) electrons. The normalized spacial score (nSPS) is 10.2. The molecule has 2 rings (SSSR count). The van der Waals surface area contributed by atoms with E-state index in [4.69, 9.17) is 11.6 Å². The van der Waals surface area contributed by atoms with Crippen molar-refractivity contribution < 1.29 is 9.72 Å². The van der Waals surface area contributed by atoms with Crippen molar-refractivity contribution in [2.24, 2.45) is 0 Å². The van der Waals surface area contributed by atoms with Crippen molar-refractivity contribution in [2.75, 3.05) is 18.4 Å². The number of benzene rings is 2. The lowest BCUT2D eigenvalue weighted by Gasteiger charge is -2.08. The molecule has 0 aliphatic rings. The zero-order chi connectivity index (χ0) is 17.4. The third kappa shape index (κ3) is 5.55. The first-order valence-corrected chi connectivity index (χ1v) is 7.92. The molecule has 126 valence electrons. The molecule has 1 amide bonds. The van der Waals surface area contributed by atoms with Crippen molar-refractivity contribution >= 4 is 28.9 Å². The Morgan fingerprint density at radius 2 is 1.92 bits per heavy atom. The molecule has 0 aliphatic carbocycles. The number of nitro benzene ring substituents is 1. The Hall–Kier alpha value is -2.60. The summed E-state index contributed by atoms with van der Waals surface area (Å²) in [5.74, 6) is -0.166. The van der Waals surface area contributed by atoms with Gasteiger partial charge in [0.2, 0.25) is 5.91 Å². The Labute approximate surface area is 145 Å². The molecule has 6 nitrogen and oxygen atoms in total. The van der Waals surface area contributed by atoms with E-state index in [1.54, 1.807) is 6.07 Å². The molecule has 2 N–H and O–H groups in total. The first-order chi connectivity index (χ1) is 11.6. The number of carbonyl (C=O) groups excluding carboxylic acids is 1. The lowest BCUT2D eigenvalue weighted by atomic mass is 10.1. The monoisotopic (exact) mass is 347 g/mol. The molecule has 0 aliphatic heterocycles. The first-order valence-electron chi connectivity index (χ1n) is 7.54. The third-order valence-electron chi connectivity index (χ3n) is 3.40. The molecule has 24 heavy (non-hydrogen) atoms. The van der Waals surface area contributed by atoms with Crippen LogP contribution in [0.2, 0.25) is 5.02 Å². The Bertz CT molecular complexity index is 707. The highest BCUT2D eigenvalue weighted by Crippen LogP contribution is 2.27. The van der Waals surface area contributed by atoms with Crippen molar-refractivity contribution in [1.82, 2.24) is 5.32 Å². The number of nitrogens with one attached hydrogen (secondary N) is 2. The average molecular weight is 348 g/mol. The van der Waals surface area contributed by atoms with Gasteiger partial charge in [0.1, 0.15) is 5.02 Å². The largest absolute Gasteiger partial charge is 0.376 e. The molecule has 0 aromatic heterocycles. The van der Waals surface area contributed by atoms with Gasteiger partial charge in [0.05, 0.1) is 11.5 Å². The summed E-state index contributed by atoms with van der Waals surface area (Å²) in [5, 5.41) is 16.5. The third-order valence-corrected chi connectivity index (χ3v) is 3.72. The van der Waals surface area contributed by atoms with Gasteiger partial charge in [0, 0.05) is 18.3 Å². The van der Waals surface area contributed by atoms with Crippen LogP contribution in [0, 0.1) is 10.1 Å². The smallest absolute Gasteiger partial charge is 0.289 e. The topological polar surface area (TPSA) is 84.3 Å². The highest BCUT2D eigenvalue weighted by atomic mass is 35.5. The average Bonchev–Trinajstić information content (AvgIpc) is 2.58. The molecule has 2 aromatic carbocycles. The van der Waals surface area contributed by atoms with Crippen LogP contribution < -0.4 is 10.6 Å². The second kappa shape index (κ2) is 8.88. The Morgan fingerprint density at radius 1 is 1.17 bits per heavy atom. The lowest BCUT2D eigenvalue weighted by molar-refractivity contribution is -0.384. The fourth-order valence-corrected chi connectivity index (χ4v) is 2.36. The van der Waals surface area contributed by atoms with Gasteiger partial charge in [-0.3, -0.25) is 14.9 Å². The van der Waals surface area contributed by atoms with Crippen LogP contribution in [-0.2, 0) is 11.2 Å². The van der Waals surface area contributed by atoms with Gasteiger partial charge in [0.25, 0.3) is 5.69 Å². The van der Waals surface area contributed by atoms with E-state index in [1.807, 2.05) is 18.2 Å². The molecule has 2 aromatic rings. The highest BCUT2D eigenvalue weighted by molar-refractivity contribution is 6.32. The van der Waals surface area contributed by atoms with Crippen molar-refractivity contribution in [3.05, 3.63) is 69.2 Å². The summed E-state index contributed by atoms with van der Waals surface area (Å²) >= 11 is 5.74. The first kappa shape index (κ1) is 17.7. The predicted octanol–water partition coefficient (Wildman–Crippen LogP) is 3.41. The van der Waals surface area contributed by atoms with E-state index in [1.165, 1.54) is 17.7 Å². The molecular weight excluding hydrogens is 330 g/mol. The number of nitrogens with zero attached hydrogens (tertiary/aromatic N) is 1. The van der Waals surface area contributed by atoms with E-state index in [0.717, 1.165) is 12.8 Å². The van der Waals surface area contributed by atoms with Crippen LogP contribution in [0.15, 0.2) is 48.5 Å². The molecule has 0 bridgehead atoms. The van der Waals surface area contributed by atoms with Gasteiger partial charge in [-0.25, -0.2) is 0 Å². The molecule has 0 saturated carbocycles. The van der Waals surface area contributed by atoms with Crippen LogP contribution >= 0.6 is 11.6 Å². The number of amides is 1. The molecule has 0 atom stereocenters. The maximum absolute atomic E-state index is 11.8. The minimum atomic E-state index is -0.558. The lowest BCUT2D eigenvalue weighted by Crippen LogP contribution is -2.30. The van der Waals surface area contributed by atoms with Crippen LogP contribution in [0.4, 0.5) is 11.4 Å². The summed E-state index contributed by atoms with van der Waals surface area (Å²) in [6.45, 7) is 0.625. The number of rotatable bonds is 8. The fourth-order valence-electron chi connectivity index (χ4n) is 2.17. The highest BCUT2D eigenvalue weighted by Gasteiger charge is 2.12. The van der Waals surface area contributed by atoms with E-state index < -0.39 is 4.92 Å². The van der Waals surface area contributed by atoms with E-state index >= 15 is 0 Å². The van der Waals surface area contributed by atoms with Gasteiger partial charge >= 0.3 is 0 Å². The number of hydrogen-bond acceptors (Lipinski definition) is 4. The standard InChI is InChI=1S/C17H18ClN3O3/c18-15-9-8-14(11-16(15)21(23)24)20-12-17(22)19-10-4-7-13-5-2-1-3-6-13/h1-3,5-6,8-9,11,20H,4,7,10,12H2,(H,19,22). The van der Waals surface area contributed by atoms with Gasteiger partial charge in [-0.2, -0.15) is 0 Å². The molecular formula is C17H18ClN3O3. The Balaban J connectivity index is 1.71. The number of aryl methyl sites for hydroxylation is 1. The number of carbonyl (C=O) groups is 1. The molecule has 0 fully saturated rings. The molecule has 0 heterocycles. The van der Waals surface area contributed by atoms with Gasteiger partial charge < -0.3 is 10.6 Å². The summed E-state index contributed by atoms with van der Waals surface area (Å²) in [6, 6.07) is 14.4. The zero-order valence-electron chi connectivity index (χ0n) is 13.0. The van der Waals surface area contributed by atoms with Crippen LogP contribution in [0.1, 0.15) is 12.0 Å². The van der Waals surface area contributed by atoms with E-state index in [0.29, 0.717) is 12.2 Å². The summed E-state index contributed by atoms with van der Waals surface area (Å²) < 4.78 is 0.